The van der Waals surface area contributed by atoms with Gasteiger partial charge in [-0.3, -0.25) is 5.11 Å². The van der Waals surface area contributed by atoms with Gasteiger partial charge in [-0.1, -0.05) is 17.7 Å². The maximum Gasteiger partial charge on any atom is 0.185 e. The molecular weight excluding hydrogens is 148 g/mol. The number of benzene rings is 1. The Balaban J connectivity index is 3.34. The molecule has 10 heavy (non-hydrogen) atoms. The molecule has 2 heteroatoms. The summed E-state index contributed by atoms with van der Waals surface area (Å²) in [4.78, 5) is 0. The van der Waals surface area contributed by atoms with Crippen LogP contribution in [-0.2, 0) is 5.11 Å². The summed E-state index contributed by atoms with van der Waals surface area (Å²) in [6.45, 7) is 3.52. The molecule has 0 spiro atoms. The minimum Gasteiger partial charge on any atom is -0.289 e. The van der Waals surface area contributed by atoms with Crippen LogP contribution in [0.2, 0.25) is 5.02 Å². The van der Waals surface area contributed by atoms with E-state index in [2.05, 4.69) is 0 Å². The molecule has 0 aromatic heterocycles. The van der Waals surface area contributed by atoms with Crippen LogP contribution >= 0.6 is 11.6 Å². The Labute approximate surface area is 65.3 Å². The summed E-state index contributed by atoms with van der Waals surface area (Å²) in [6.07, 6.45) is 0. The molecular formula is C8H8ClO. The van der Waals surface area contributed by atoms with Crippen LogP contribution in [0.15, 0.2) is 12.1 Å². The summed E-state index contributed by atoms with van der Waals surface area (Å²) in [6, 6.07) is 3.48. The zero-order valence-electron chi connectivity index (χ0n) is 5.94. The SMILES string of the molecule is Cc1ccc(Cl)c(C)c1[O]. The molecule has 0 heterocycles. The molecule has 0 unspecified atom stereocenters. The lowest BCUT2D eigenvalue weighted by molar-refractivity contribution is 0.348. The first-order valence-electron chi connectivity index (χ1n) is 3.05. The lowest BCUT2D eigenvalue weighted by Gasteiger charge is -1.99. The van der Waals surface area contributed by atoms with Gasteiger partial charge in [-0.15, -0.1) is 0 Å². The number of aryl methyl sites for hydroxylation is 1. The highest BCUT2D eigenvalue weighted by Crippen LogP contribution is 2.27. The van der Waals surface area contributed by atoms with Gasteiger partial charge in [-0.2, -0.15) is 0 Å². The Morgan fingerprint density at radius 2 is 1.90 bits per heavy atom. The molecule has 1 aromatic carbocycles. The van der Waals surface area contributed by atoms with E-state index in [0.29, 0.717) is 10.6 Å². The van der Waals surface area contributed by atoms with Crippen LogP contribution < -0.4 is 0 Å². The summed E-state index contributed by atoms with van der Waals surface area (Å²) in [5, 5.41) is 11.7. The van der Waals surface area contributed by atoms with E-state index in [9.17, 15) is 5.11 Å². The zero-order chi connectivity index (χ0) is 7.72. The van der Waals surface area contributed by atoms with Crippen LogP contribution in [0.25, 0.3) is 0 Å². The van der Waals surface area contributed by atoms with Crippen molar-refractivity contribution in [3.05, 3.63) is 28.3 Å². The van der Waals surface area contributed by atoms with E-state index in [4.69, 9.17) is 11.6 Å². The van der Waals surface area contributed by atoms with Crippen molar-refractivity contribution in [2.45, 2.75) is 13.8 Å². The molecule has 1 aromatic rings. The monoisotopic (exact) mass is 155 g/mol. The Kier molecular flexibility index (Phi) is 1.86. The molecule has 1 radical (unpaired) electrons. The van der Waals surface area contributed by atoms with Gasteiger partial charge in [0.15, 0.2) is 5.75 Å². The lowest BCUT2D eigenvalue weighted by Crippen LogP contribution is -1.78. The van der Waals surface area contributed by atoms with Crippen LogP contribution in [0.4, 0.5) is 0 Å². The summed E-state index contributed by atoms with van der Waals surface area (Å²) in [5.41, 5.74) is 1.39. The zero-order valence-corrected chi connectivity index (χ0v) is 6.70. The van der Waals surface area contributed by atoms with E-state index >= 15 is 0 Å². The first kappa shape index (κ1) is 7.42. The Morgan fingerprint density at radius 3 is 2.40 bits per heavy atom. The molecule has 1 rings (SSSR count). The molecule has 0 N–H and O–H groups in total. The van der Waals surface area contributed by atoms with E-state index in [1.54, 1.807) is 26.0 Å². The van der Waals surface area contributed by atoms with E-state index < -0.39 is 0 Å². The van der Waals surface area contributed by atoms with Crippen molar-refractivity contribution in [2.24, 2.45) is 0 Å². The van der Waals surface area contributed by atoms with Crippen LogP contribution in [-0.4, -0.2) is 0 Å². The predicted molar refractivity (Wildman–Crippen MR) is 41.1 cm³/mol. The third-order valence-electron chi connectivity index (χ3n) is 1.54. The molecule has 0 saturated carbocycles. The molecule has 0 aliphatic carbocycles. The largest absolute Gasteiger partial charge is 0.289 e. The Hall–Kier alpha value is -0.690. The van der Waals surface area contributed by atoms with Crippen molar-refractivity contribution in [1.82, 2.24) is 0 Å². The molecule has 0 saturated heterocycles. The topological polar surface area (TPSA) is 19.9 Å². The third-order valence-corrected chi connectivity index (χ3v) is 1.95. The minimum absolute atomic E-state index is 0.0486. The van der Waals surface area contributed by atoms with Gasteiger partial charge in [0.05, 0.1) is 0 Å². The summed E-state index contributed by atoms with van der Waals surface area (Å²) in [7, 11) is 0. The Morgan fingerprint density at radius 1 is 1.30 bits per heavy atom. The maximum atomic E-state index is 11.1. The number of hydrogen-bond acceptors (Lipinski definition) is 0. The van der Waals surface area contributed by atoms with Crippen molar-refractivity contribution in [1.29, 1.82) is 0 Å². The summed E-state index contributed by atoms with van der Waals surface area (Å²) < 4.78 is 0. The molecule has 0 bridgehead atoms. The van der Waals surface area contributed by atoms with E-state index in [-0.39, 0.29) is 5.75 Å². The number of rotatable bonds is 0. The highest BCUT2D eigenvalue weighted by Gasteiger charge is 2.04. The van der Waals surface area contributed by atoms with Gasteiger partial charge in [0.2, 0.25) is 0 Å². The van der Waals surface area contributed by atoms with Gasteiger partial charge < -0.3 is 0 Å². The maximum absolute atomic E-state index is 11.1. The summed E-state index contributed by atoms with van der Waals surface area (Å²) in [5.74, 6) is 0.0486. The van der Waals surface area contributed by atoms with Crippen molar-refractivity contribution in [3.8, 4) is 5.75 Å². The predicted octanol–water partition coefficient (Wildman–Crippen LogP) is 3.10. The smallest absolute Gasteiger partial charge is 0.185 e. The van der Waals surface area contributed by atoms with Crippen LogP contribution in [0.3, 0.4) is 0 Å². The second kappa shape index (κ2) is 2.51. The average Bonchev–Trinajstić information content (AvgIpc) is 1.93. The van der Waals surface area contributed by atoms with Crippen molar-refractivity contribution >= 4 is 11.6 Å². The van der Waals surface area contributed by atoms with Gasteiger partial charge in [0.25, 0.3) is 0 Å². The van der Waals surface area contributed by atoms with Crippen LogP contribution in [0, 0.1) is 13.8 Å². The highest BCUT2D eigenvalue weighted by molar-refractivity contribution is 6.31. The first-order chi connectivity index (χ1) is 4.63. The second-order valence-corrected chi connectivity index (χ2v) is 2.73. The van der Waals surface area contributed by atoms with Crippen molar-refractivity contribution < 1.29 is 5.11 Å². The summed E-state index contributed by atoms with van der Waals surface area (Å²) >= 11 is 5.69. The van der Waals surface area contributed by atoms with Crippen molar-refractivity contribution in [2.75, 3.05) is 0 Å². The van der Waals surface area contributed by atoms with Crippen LogP contribution in [0.1, 0.15) is 11.1 Å². The molecule has 0 fully saturated rings. The molecule has 0 aliphatic rings. The van der Waals surface area contributed by atoms with Gasteiger partial charge in [-0.05, 0) is 25.5 Å². The normalized spacial score (nSPS) is 9.90. The van der Waals surface area contributed by atoms with Crippen LogP contribution in [0.5, 0.6) is 5.75 Å². The Bertz CT molecular complexity index is 229. The molecule has 0 atom stereocenters. The van der Waals surface area contributed by atoms with Gasteiger partial charge >= 0.3 is 0 Å². The van der Waals surface area contributed by atoms with Gasteiger partial charge in [0, 0.05) is 10.6 Å². The fraction of sp³-hybridized carbons (Fsp3) is 0.250. The van der Waals surface area contributed by atoms with Gasteiger partial charge in [0.1, 0.15) is 0 Å². The minimum atomic E-state index is 0.0486. The molecule has 53 valence electrons. The standard InChI is InChI=1S/C8H8ClO/c1-5-3-4-7(9)6(2)8(5)10/h3-4H,1-2H3. The lowest BCUT2D eigenvalue weighted by atomic mass is 10.1. The molecule has 0 aliphatic heterocycles. The second-order valence-electron chi connectivity index (χ2n) is 2.32. The van der Waals surface area contributed by atoms with Gasteiger partial charge in [-0.25, -0.2) is 0 Å². The highest BCUT2D eigenvalue weighted by atomic mass is 35.5. The molecule has 1 nitrogen and oxygen atoms in total. The first-order valence-corrected chi connectivity index (χ1v) is 3.43. The van der Waals surface area contributed by atoms with E-state index in [1.807, 2.05) is 0 Å². The fourth-order valence-electron chi connectivity index (χ4n) is 0.803. The molecule has 0 amide bonds. The fourth-order valence-corrected chi connectivity index (χ4v) is 0.952. The number of hydrogen-bond donors (Lipinski definition) is 0. The van der Waals surface area contributed by atoms with E-state index in [0.717, 1.165) is 5.56 Å². The number of halogens is 1. The van der Waals surface area contributed by atoms with Crippen molar-refractivity contribution in [3.63, 3.8) is 0 Å². The quantitative estimate of drug-likeness (QED) is 0.549. The van der Waals surface area contributed by atoms with E-state index in [1.165, 1.54) is 0 Å². The third kappa shape index (κ3) is 1.09. The average molecular weight is 156 g/mol.